The number of nitrogens with one attached hydrogen (secondary N) is 2. The highest BCUT2D eigenvalue weighted by Crippen LogP contribution is 2.11. The van der Waals surface area contributed by atoms with Gasteiger partial charge in [0.25, 0.3) is 0 Å². The van der Waals surface area contributed by atoms with Gasteiger partial charge in [0.05, 0.1) is 12.1 Å². The molecular formula is C24H46N2O2. The normalized spacial score (nSPS) is 14.6. The van der Waals surface area contributed by atoms with Crippen LogP contribution in [0.1, 0.15) is 93.9 Å². The molecule has 4 nitrogen and oxygen atoms in total. The minimum absolute atomic E-state index is 0.0293. The van der Waals surface area contributed by atoms with Crippen LogP contribution in [0.5, 0.6) is 0 Å². The van der Waals surface area contributed by atoms with Gasteiger partial charge < -0.3 is 10.6 Å². The van der Waals surface area contributed by atoms with E-state index in [9.17, 15) is 9.59 Å². The van der Waals surface area contributed by atoms with Gasteiger partial charge in [-0.25, -0.2) is 0 Å². The lowest BCUT2D eigenvalue weighted by atomic mass is 9.96. The Hall–Kier alpha value is -1.00. The minimum Gasteiger partial charge on any atom is -0.305 e. The van der Waals surface area contributed by atoms with Gasteiger partial charge in [-0.3, -0.25) is 9.59 Å². The van der Waals surface area contributed by atoms with Gasteiger partial charge in [0.1, 0.15) is 0 Å². The third-order valence-electron chi connectivity index (χ3n) is 4.79. The summed E-state index contributed by atoms with van der Waals surface area (Å²) >= 11 is 0. The van der Waals surface area contributed by atoms with E-state index in [2.05, 4.69) is 50.5 Å². The lowest BCUT2D eigenvalue weighted by Crippen LogP contribution is -2.42. The fourth-order valence-electron chi connectivity index (χ4n) is 3.34. The molecule has 0 aromatic heterocycles. The number of carbonyl (C=O) groups is 2. The first kappa shape index (κ1) is 27.0. The summed E-state index contributed by atoms with van der Waals surface area (Å²) in [5.41, 5.74) is 0. The second-order valence-corrected chi connectivity index (χ2v) is 9.20. The van der Waals surface area contributed by atoms with Crippen molar-refractivity contribution in [3.63, 3.8) is 0 Å². The maximum Gasteiger partial charge on any atom is 0.152 e. The van der Waals surface area contributed by atoms with Crippen molar-refractivity contribution in [3.8, 4) is 0 Å². The summed E-state index contributed by atoms with van der Waals surface area (Å²) in [6.45, 7) is 16.3. The second kappa shape index (κ2) is 14.9. The monoisotopic (exact) mass is 394 g/mol. The van der Waals surface area contributed by atoms with E-state index in [1.54, 1.807) is 0 Å². The number of hydrogen-bond donors (Lipinski definition) is 2. The predicted molar refractivity (Wildman–Crippen MR) is 121 cm³/mol. The van der Waals surface area contributed by atoms with E-state index in [1.165, 1.54) is 0 Å². The zero-order valence-electron chi connectivity index (χ0n) is 19.7. The number of hydrogen-bond acceptors (Lipinski definition) is 4. The fourth-order valence-corrected chi connectivity index (χ4v) is 3.34. The van der Waals surface area contributed by atoms with Gasteiger partial charge in [-0.2, -0.15) is 0 Å². The first-order chi connectivity index (χ1) is 13.1. The van der Waals surface area contributed by atoms with Crippen molar-refractivity contribution < 1.29 is 9.59 Å². The predicted octanol–water partition coefficient (Wildman–Crippen LogP) is 5.07. The highest BCUT2D eigenvalue weighted by atomic mass is 16.1. The van der Waals surface area contributed by atoms with Gasteiger partial charge in [-0.1, -0.05) is 67.5 Å². The largest absolute Gasteiger partial charge is 0.305 e. The van der Waals surface area contributed by atoms with E-state index < -0.39 is 0 Å². The van der Waals surface area contributed by atoms with Crippen molar-refractivity contribution in [1.29, 1.82) is 0 Å². The molecule has 0 rings (SSSR count). The lowest BCUT2D eigenvalue weighted by molar-refractivity contribution is -0.125. The average Bonchev–Trinajstić information content (AvgIpc) is 2.59. The number of allylic oxidation sites excluding steroid dienone is 2. The van der Waals surface area contributed by atoms with E-state index in [-0.39, 0.29) is 23.9 Å². The minimum atomic E-state index is -0.0293. The van der Waals surface area contributed by atoms with E-state index in [1.807, 2.05) is 27.7 Å². The second-order valence-electron chi connectivity index (χ2n) is 9.20. The molecular weight excluding hydrogens is 348 g/mol. The number of carbonyl (C=O) groups excluding carboxylic acids is 2. The molecule has 164 valence electrons. The molecule has 0 aromatic carbocycles. The third kappa shape index (κ3) is 12.5. The molecule has 2 atom stereocenters. The van der Waals surface area contributed by atoms with Gasteiger partial charge in [-0.15, -0.1) is 0 Å². The van der Waals surface area contributed by atoms with Crippen LogP contribution in [0.2, 0.25) is 0 Å². The van der Waals surface area contributed by atoms with Crippen molar-refractivity contribution in [3.05, 3.63) is 12.2 Å². The van der Waals surface area contributed by atoms with Crippen LogP contribution < -0.4 is 10.6 Å². The van der Waals surface area contributed by atoms with Crippen molar-refractivity contribution in [1.82, 2.24) is 10.6 Å². The highest BCUT2D eigenvalue weighted by molar-refractivity contribution is 5.86. The molecule has 0 amide bonds. The summed E-state index contributed by atoms with van der Waals surface area (Å²) in [4.78, 5) is 24.6. The molecule has 0 saturated heterocycles. The van der Waals surface area contributed by atoms with Crippen LogP contribution >= 0.6 is 0 Å². The van der Waals surface area contributed by atoms with Crippen molar-refractivity contribution >= 4 is 11.6 Å². The molecule has 0 radical (unpaired) electrons. The SMILES string of the molecule is CC(C)NC(CCC/C=C/CCCC(NC(C)C)C(=O)C(C)C)C(=O)C(C)C. The standard InChI is InChI=1S/C24H46N2O2/c1-17(2)23(27)21(25-19(5)6)15-13-11-9-10-12-14-16-22(26-20(7)8)24(28)18(3)4/h9-10,17-22,25-26H,11-16H2,1-8H3/b10-9+. The summed E-state index contributed by atoms with van der Waals surface area (Å²) in [6, 6.07) is 0.588. The van der Waals surface area contributed by atoms with Crippen LogP contribution in [0, 0.1) is 11.8 Å². The topological polar surface area (TPSA) is 58.2 Å². The van der Waals surface area contributed by atoms with Crippen molar-refractivity contribution in [2.45, 2.75) is 118 Å². The smallest absolute Gasteiger partial charge is 0.152 e. The van der Waals surface area contributed by atoms with Crippen LogP contribution in [0.15, 0.2) is 12.2 Å². The zero-order valence-corrected chi connectivity index (χ0v) is 19.7. The molecule has 0 aliphatic heterocycles. The molecule has 2 unspecified atom stereocenters. The molecule has 0 fully saturated rings. The van der Waals surface area contributed by atoms with E-state index in [4.69, 9.17) is 0 Å². The molecule has 0 aliphatic carbocycles. The Morgan fingerprint density at radius 1 is 0.643 bits per heavy atom. The van der Waals surface area contributed by atoms with E-state index in [0.717, 1.165) is 38.5 Å². The quantitative estimate of drug-likeness (QED) is 0.283. The summed E-state index contributed by atoms with van der Waals surface area (Å²) < 4.78 is 0. The van der Waals surface area contributed by atoms with Crippen LogP contribution in [0.25, 0.3) is 0 Å². The summed E-state index contributed by atoms with van der Waals surface area (Å²) in [6.07, 6.45) is 10.3. The number of unbranched alkanes of at least 4 members (excludes halogenated alkanes) is 2. The van der Waals surface area contributed by atoms with Crippen LogP contribution in [-0.4, -0.2) is 35.7 Å². The number of Topliss-reactive ketones (excluding diaryl/α,β-unsaturated/α-hetero) is 2. The molecule has 0 heterocycles. The molecule has 0 saturated carbocycles. The first-order valence-corrected chi connectivity index (χ1v) is 11.3. The Balaban J connectivity index is 4.22. The Morgan fingerprint density at radius 3 is 1.21 bits per heavy atom. The Kier molecular flexibility index (Phi) is 14.4. The van der Waals surface area contributed by atoms with Crippen LogP contribution in [0.3, 0.4) is 0 Å². The van der Waals surface area contributed by atoms with Gasteiger partial charge in [0, 0.05) is 23.9 Å². The number of rotatable bonds is 16. The van der Waals surface area contributed by atoms with E-state index in [0.29, 0.717) is 23.7 Å². The zero-order chi connectivity index (χ0) is 21.7. The number of ketones is 2. The molecule has 0 aliphatic rings. The fraction of sp³-hybridized carbons (Fsp3) is 0.833. The molecule has 2 N–H and O–H groups in total. The van der Waals surface area contributed by atoms with Crippen LogP contribution in [-0.2, 0) is 9.59 Å². The van der Waals surface area contributed by atoms with Crippen molar-refractivity contribution in [2.75, 3.05) is 0 Å². The molecule has 0 bridgehead atoms. The Labute approximate surface area is 174 Å². The summed E-state index contributed by atoms with van der Waals surface area (Å²) in [5.74, 6) is 0.785. The average molecular weight is 395 g/mol. The maximum absolute atomic E-state index is 12.3. The lowest BCUT2D eigenvalue weighted by Gasteiger charge is -2.22. The van der Waals surface area contributed by atoms with Gasteiger partial charge >= 0.3 is 0 Å². The third-order valence-corrected chi connectivity index (χ3v) is 4.79. The highest BCUT2D eigenvalue weighted by Gasteiger charge is 2.21. The van der Waals surface area contributed by atoms with Gasteiger partial charge in [-0.05, 0) is 38.5 Å². The first-order valence-electron chi connectivity index (χ1n) is 11.3. The maximum atomic E-state index is 12.3. The Bertz CT molecular complexity index is 425. The summed E-state index contributed by atoms with van der Waals surface area (Å²) in [7, 11) is 0. The van der Waals surface area contributed by atoms with Crippen LogP contribution in [0.4, 0.5) is 0 Å². The van der Waals surface area contributed by atoms with E-state index >= 15 is 0 Å². The van der Waals surface area contributed by atoms with Crippen molar-refractivity contribution in [2.24, 2.45) is 11.8 Å². The van der Waals surface area contributed by atoms with Gasteiger partial charge in [0.15, 0.2) is 11.6 Å². The molecule has 0 spiro atoms. The molecule has 4 heteroatoms. The van der Waals surface area contributed by atoms with Gasteiger partial charge in [0.2, 0.25) is 0 Å². The molecule has 28 heavy (non-hydrogen) atoms. The Morgan fingerprint density at radius 2 is 0.964 bits per heavy atom. The summed E-state index contributed by atoms with van der Waals surface area (Å²) in [5, 5.41) is 6.81. The molecule has 0 aromatic rings.